The van der Waals surface area contributed by atoms with Crippen molar-refractivity contribution in [3.05, 3.63) is 65.7 Å². The molecular formula is C25H26N2O. The van der Waals surface area contributed by atoms with Gasteiger partial charge in [0.05, 0.1) is 17.8 Å². The maximum atomic E-state index is 6.01. The van der Waals surface area contributed by atoms with Gasteiger partial charge in [0, 0.05) is 41.6 Å². The number of nitrogens with zero attached hydrogens (tertiary/aromatic N) is 2. The van der Waals surface area contributed by atoms with E-state index < -0.39 is 0 Å². The zero-order valence-electron chi connectivity index (χ0n) is 17.0. The standard InChI is InChI=1S/C25H26N2O/c1-5-28-22-14-17-15-25(16-26-23(17)19-11-7-6-10-18(19)22)24(2,3)20-12-8-9-13-21(20)27(25)4/h6-14,16H,5,15H2,1-4H3. The summed E-state index contributed by atoms with van der Waals surface area (Å²) in [6.45, 7) is 7.39. The summed E-state index contributed by atoms with van der Waals surface area (Å²) in [4.78, 5) is 7.49. The highest BCUT2D eigenvalue weighted by Gasteiger charge is 2.55. The quantitative estimate of drug-likeness (QED) is 0.581. The van der Waals surface area contributed by atoms with E-state index in [2.05, 4.69) is 86.6 Å². The van der Waals surface area contributed by atoms with Crippen LogP contribution in [0.2, 0.25) is 0 Å². The van der Waals surface area contributed by atoms with Gasteiger partial charge in [0.2, 0.25) is 0 Å². The summed E-state index contributed by atoms with van der Waals surface area (Å²) in [5.41, 5.74) is 4.81. The van der Waals surface area contributed by atoms with Gasteiger partial charge in [-0.05, 0) is 30.2 Å². The molecule has 0 fully saturated rings. The van der Waals surface area contributed by atoms with E-state index in [-0.39, 0.29) is 11.0 Å². The van der Waals surface area contributed by atoms with Crippen molar-refractivity contribution in [2.75, 3.05) is 18.6 Å². The fourth-order valence-electron chi connectivity index (χ4n) is 5.20. The summed E-state index contributed by atoms with van der Waals surface area (Å²) in [6, 6.07) is 19.4. The highest BCUT2D eigenvalue weighted by Crippen LogP contribution is 2.54. The smallest absolute Gasteiger partial charge is 0.127 e. The molecule has 1 unspecified atom stereocenters. The van der Waals surface area contributed by atoms with E-state index in [4.69, 9.17) is 9.73 Å². The van der Waals surface area contributed by atoms with Crippen molar-refractivity contribution >= 4 is 28.4 Å². The third kappa shape index (κ3) is 2.07. The number of benzene rings is 3. The minimum absolute atomic E-state index is 0.0447. The van der Waals surface area contributed by atoms with Gasteiger partial charge in [0.1, 0.15) is 5.75 Å². The van der Waals surface area contributed by atoms with E-state index >= 15 is 0 Å². The molecule has 28 heavy (non-hydrogen) atoms. The Hall–Kier alpha value is -2.81. The number of fused-ring (bicyclic) bond motifs is 4. The molecule has 0 aliphatic carbocycles. The molecule has 0 bridgehead atoms. The van der Waals surface area contributed by atoms with E-state index in [1.165, 1.54) is 22.2 Å². The Labute approximate surface area is 166 Å². The Bertz CT molecular complexity index is 1110. The Morgan fingerprint density at radius 3 is 2.50 bits per heavy atom. The maximum Gasteiger partial charge on any atom is 0.127 e. The van der Waals surface area contributed by atoms with Crippen molar-refractivity contribution < 1.29 is 4.74 Å². The van der Waals surface area contributed by atoms with Gasteiger partial charge in [-0.1, -0.05) is 56.3 Å². The molecule has 0 amide bonds. The van der Waals surface area contributed by atoms with E-state index in [1.54, 1.807) is 0 Å². The normalized spacial score (nSPS) is 21.8. The first-order valence-corrected chi connectivity index (χ1v) is 10.1. The molecule has 0 aromatic heterocycles. The average molecular weight is 370 g/mol. The molecule has 0 radical (unpaired) electrons. The lowest BCUT2D eigenvalue weighted by Gasteiger charge is -2.46. The van der Waals surface area contributed by atoms with Crippen LogP contribution < -0.4 is 9.64 Å². The average Bonchev–Trinajstić information content (AvgIpc) is 2.87. The van der Waals surface area contributed by atoms with Gasteiger partial charge in [-0.15, -0.1) is 0 Å². The lowest BCUT2D eigenvalue weighted by atomic mass is 9.67. The number of likely N-dealkylation sites (N-methyl/N-ethyl adjacent to an activating group) is 1. The molecule has 3 heteroatoms. The van der Waals surface area contributed by atoms with E-state index in [1.807, 2.05) is 6.92 Å². The van der Waals surface area contributed by atoms with Gasteiger partial charge in [-0.3, -0.25) is 4.99 Å². The second kappa shape index (κ2) is 5.84. The van der Waals surface area contributed by atoms with E-state index in [0.29, 0.717) is 6.61 Å². The number of ether oxygens (including phenoxy) is 1. The molecule has 0 N–H and O–H groups in total. The summed E-state index contributed by atoms with van der Waals surface area (Å²) >= 11 is 0. The maximum absolute atomic E-state index is 6.01. The number of anilines is 1. The summed E-state index contributed by atoms with van der Waals surface area (Å²) in [7, 11) is 2.20. The molecule has 1 spiro atoms. The zero-order chi connectivity index (χ0) is 19.5. The molecule has 0 saturated carbocycles. The van der Waals surface area contributed by atoms with Crippen LogP contribution in [0.25, 0.3) is 10.8 Å². The van der Waals surface area contributed by atoms with Crippen molar-refractivity contribution in [1.82, 2.24) is 0 Å². The topological polar surface area (TPSA) is 24.8 Å². The lowest BCUT2D eigenvalue weighted by molar-refractivity contribution is 0.341. The van der Waals surface area contributed by atoms with Crippen LogP contribution in [-0.4, -0.2) is 25.4 Å². The zero-order valence-corrected chi connectivity index (χ0v) is 17.0. The Kier molecular flexibility index (Phi) is 3.61. The van der Waals surface area contributed by atoms with Crippen molar-refractivity contribution in [2.24, 2.45) is 4.99 Å². The number of para-hydroxylation sites is 1. The minimum Gasteiger partial charge on any atom is -0.493 e. The van der Waals surface area contributed by atoms with Gasteiger partial charge >= 0.3 is 0 Å². The van der Waals surface area contributed by atoms with Crippen LogP contribution in [0.1, 0.15) is 31.9 Å². The molecule has 1 atom stereocenters. The third-order valence-corrected chi connectivity index (χ3v) is 6.84. The molecule has 142 valence electrons. The highest BCUT2D eigenvalue weighted by molar-refractivity contribution is 6.02. The summed E-state index contributed by atoms with van der Waals surface area (Å²) in [6.07, 6.45) is 3.11. The van der Waals surface area contributed by atoms with Crippen molar-refractivity contribution in [2.45, 2.75) is 38.1 Å². The SMILES string of the molecule is CCOc1cc2c(c3ccccc13)N=CC1(C2)N(C)c2ccccc2C1(C)C. The first kappa shape index (κ1) is 17.3. The van der Waals surface area contributed by atoms with Gasteiger partial charge in [-0.2, -0.15) is 0 Å². The number of hydrogen-bond donors (Lipinski definition) is 0. The number of aliphatic imine (C=N–C) groups is 1. The largest absolute Gasteiger partial charge is 0.493 e. The van der Waals surface area contributed by atoms with Crippen molar-refractivity contribution in [1.29, 1.82) is 0 Å². The first-order valence-electron chi connectivity index (χ1n) is 10.1. The molecule has 2 aliphatic heterocycles. The Morgan fingerprint density at radius 2 is 1.75 bits per heavy atom. The van der Waals surface area contributed by atoms with Gasteiger partial charge in [-0.25, -0.2) is 0 Å². The fourth-order valence-corrected chi connectivity index (χ4v) is 5.20. The van der Waals surface area contributed by atoms with E-state index in [0.717, 1.165) is 23.2 Å². The molecule has 2 heterocycles. The lowest BCUT2D eigenvalue weighted by Crippen LogP contribution is -2.58. The predicted molar refractivity (Wildman–Crippen MR) is 118 cm³/mol. The predicted octanol–water partition coefficient (Wildman–Crippen LogP) is 5.66. The fraction of sp³-hybridized carbons (Fsp3) is 0.320. The summed E-state index contributed by atoms with van der Waals surface area (Å²) in [5, 5.41) is 2.31. The molecule has 3 aromatic carbocycles. The van der Waals surface area contributed by atoms with Crippen LogP contribution >= 0.6 is 0 Å². The Balaban J connectivity index is 1.72. The van der Waals surface area contributed by atoms with Crippen LogP contribution in [0.4, 0.5) is 11.4 Å². The highest BCUT2D eigenvalue weighted by atomic mass is 16.5. The van der Waals surface area contributed by atoms with Gasteiger partial charge in [0.15, 0.2) is 0 Å². The first-order chi connectivity index (χ1) is 13.5. The second-order valence-corrected chi connectivity index (χ2v) is 8.42. The van der Waals surface area contributed by atoms with Crippen LogP contribution in [0.15, 0.2) is 59.6 Å². The molecule has 0 saturated heterocycles. The molecular weight excluding hydrogens is 344 g/mol. The van der Waals surface area contributed by atoms with Crippen LogP contribution in [0.3, 0.4) is 0 Å². The van der Waals surface area contributed by atoms with Crippen LogP contribution in [-0.2, 0) is 11.8 Å². The Morgan fingerprint density at radius 1 is 1.04 bits per heavy atom. The molecule has 3 aromatic rings. The minimum atomic E-state index is -0.185. The molecule has 3 nitrogen and oxygen atoms in total. The number of rotatable bonds is 2. The van der Waals surface area contributed by atoms with Gasteiger partial charge in [0.25, 0.3) is 0 Å². The van der Waals surface area contributed by atoms with Crippen LogP contribution in [0.5, 0.6) is 5.75 Å². The molecule has 5 rings (SSSR count). The van der Waals surface area contributed by atoms with Crippen molar-refractivity contribution in [3.63, 3.8) is 0 Å². The monoisotopic (exact) mass is 370 g/mol. The van der Waals surface area contributed by atoms with E-state index in [9.17, 15) is 0 Å². The third-order valence-electron chi connectivity index (χ3n) is 6.84. The van der Waals surface area contributed by atoms with Gasteiger partial charge < -0.3 is 9.64 Å². The van der Waals surface area contributed by atoms with Crippen molar-refractivity contribution in [3.8, 4) is 5.75 Å². The summed E-state index contributed by atoms with van der Waals surface area (Å²) in [5.74, 6) is 0.958. The van der Waals surface area contributed by atoms with Crippen LogP contribution in [0, 0.1) is 0 Å². The summed E-state index contributed by atoms with van der Waals surface area (Å²) < 4.78 is 6.01. The second-order valence-electron chi connectivity index (χ2n) is 8.42. The molecule has 2 aliphatic rings. The number of hydrogen-bond acceptors (Lipinski definition) is 3.